The summed E-state index contributed by atoms with van der Waals surface area (Å²) in [5.41, 5.74) is -2.02. The zero-order valence-electron chi connectivity index (χ0n) is 10.9. The summed E-state index contributed by atoms with van der Waals surface area (Å²) in [6.07, 6.45) is 1.32. The summed E-state index contributed by atoms with van der Waals surface area (Å²) in [5.74, 6) is -2.21. The van der Waals surface area contributed by atoms with E-state index in [2.05, 4.69) is 10.6 Å². The van der Waals surface area contributed by atoms with Crippen molar-refractivity contribution in [3.8, 4) is 0 Å². The van der Waals surface area contributed by atoms with E-state index in [0.29, 0.717) is 0 Å². The van der Waals surface area contributed by atoms with E-state index in [0.717, 1.165) is 6.92 Å². The molecule has 0 saturated carbocycles. The van der Waals surface area contributed by atoms with Crippen LogP contribution in [-0.2, 0) is 9.59 Å². The van der Waals surface area contributed by atoms with Gasteiger partial charge in [-0.1, -0.05) is 0 Å². The van der Waals surface area contributed by atoms with Crippen molar-refractivity contribution in [3.63, 3.8) is 0 Å². The lowest BCUT2D eigenvalue weighted by Gasteiger charge is -2.18. The Kier molecular flexibility index (Phi) is 5.27. The highest BCUT2D eigenvalue weighted by Gasteiger charge is 2.30. The third kappa shape index (κ3) is 4.73. The van der Waals surface area contributed by atoms with Crippen molar-refractivity contribution in [2.75, 3.05) is 13.1 Å². The van der Waals surface area contributed by atoms with Gasteiger partial charge in [-0.2, -0.15) is 0 Å². The summed E-state index contributed by atoms with van der Waals surface area (Å²) in [4.78, 5) is 33.4. The van der Waals surface area contributed by atoms with E-state index in [9.17, 15) is 19.5 Å². The Balaban J connectivity index is 2.24. The van der Waals surface area contributed by atoms with Crippen LogP contribution in [0.25, 0.3) is 0 Å². The first kappa shape index (κ1) is 15.7. The molecule has 0 saturated heterocycles. The Hall–Kier alpha value is -2.35. The van der Waals surface area contributed by atoms with E-state index in [1.807, 2.05) is 0 Å². The van der Waals surface area contributed by atoms with Gasteiger partial charge in [-0.15, -0.1) is 0 Å². The molecule has 0 radical (unpaired) electrons. The SMILES string of the molecule is CC(O)(CNC(=O)CCNC(=O)c1ccco1)C(=O)O. The minimum Gasteiger partial charge on any atom is -0.479 e. The van der Waals surface area contributed by atoms with Crippen LogP contribution in [0.4, 0.5) is 0 Å². The molecule has 1 rings (SSSR count). The van der Waals surface area contributed by atoms with E-state index >= 15 is 0 Å². The van der Waals surface area contributed by atoms with Crippen molar-refractivity contribution in [3.05, 3.63) is 24.2 Å². The summed E-state index contributed by atoms with van der Waals surface area (Å²) < 4.78 is 4.86. The molecule has 0 aliphatic carbocycles. The van der Waals surface area contributed by atoms with Crippen LogP contribution in [0.2, 0.25) is 0 Å². The van der Waals surface area contributed by atoms with E-state index in [1.165, 1.54) is 12.3 Å². The topological polar surface area (TPSA) is 129 Å². The lowest BCUT2D eigenvalue weighted by atomic mass is 10.1. The fraction of sp³-hybridized carbons (Fsp3) is 0.417. The summed E-state index contributed by atoms with van der Waals surface area (Å²) in [5, 5.41) is 22.8. The molecule has 1 aromatic rings. The third-order valence-electron chi connectivity index (χ3n) is 2.47. The van der Waals surface area contributed by atoms with Gasteiger partial charge in [-0.05, 0) is 19.1 Å². The molecule has 2 amide bonds. The van der Waals surface area contributed by atoms with Crippen LogP contribution in [0, 0.1) is 0 Å². The van der Waals surface area contributed by atoms with Gasteiger partial charge < -0.3 is 25.3 Å². The molecule has 0 aliphatic heterocycles. The normalized spacial score (nSPS) is 13.3. The lowest BCUT2D eigenvalue weighted by Crippen LogP contribution is -2.47. The molecule has 1 heterocycles. The number of carboxylic acid groups (broad SMARTS) is 1. The van der Waals surface area contributed by atoms with Gasteiger partial charge in [0.25, 0.3) is 5.91 Å². The second-order valence-electron chi connectivity index (χ2n) is 4.34. The molecule has 1 unspecified atom stereocenters. The Bertz CT molecular complexity index is 480. The van der Waals surface area contributed by atoms with Gasteiger partial charge in [0, 0.05) is 13.0 Å². The molecule has 0 aromatic carbocycles. The summed E-state index contributed by atoms with van der Waals surface area (Å²) >= 11 is 0. The van der Waals surface area contributed by atoms with Crippen molar-refractivity contribution < 1.29 is 29.0 Å². The first-order valence-corrected chi connectivity index (χ1v) is 5.87. The highest BCUT2D eigenvalue weighted by atomic mass is 16.4. The molecule has 1 aromatic heterocycles. The van der Waals surface area contributed by atoms with Crippen molar-refractivity contribution in [2.45, 2.75) is 18.9 Å². The second-order valence-corrected chi connectivity index (χ2v) is 4.34. The largest absolute Gasteiger partial charge is 0.479 e. The third-order valence-corrected chi connectivity index (χ3v) is 2.47. The number of carbonyl (C=O) groups is 3. The Morgan fingerprint density at radius 2 is 2.05 bits per heavy atom. The van der Waals surface area contributed by atoms with Crippen molar-refractivity contribution in [1.82, 2.24) is 10.6 Å². The van der Waals surface area contributed by atoms with Crippen LogP contribution < -0.4 is 10.6 Å². The molecule has 20 heavy (non-hydrogen) atoms. The van der Waals surface area contributed by atoms with E-state index in [1.54, 1.807) is 6.07 Å². The van der Waals surface area contributed by atoms with Crippen LogP contribution in [0.5, 0.6) is 0 Å². The van der Waals surface area contributed by atoms with Crippen molar-refractivity contribution in [1.29, 1.82) is 0 Å². The standard InChI is InChI=1S/C12H16N2O6/c1-12(19,11(17)18)7-14-9(15)4-5-13-10(16)8-3-2-6-20-8/h2-3,6,19H,4-5,7H2,1H3,(H,13,16)(H,14,15)(H,17,18). The maximum Gasteiger partial charge on any atom is 0.337 e. The quantitative estimate of drug-likeness (QED) is 0.526. The fourth-order valence-electron chi connectivity index (χ4n) is 1.22. The lowest BCUT2D eigenvalue weighted by molar-refractivity contribution is -0.156. The number of carbonyl (C=O) groups excluding carboxylic acids is 2. The molecule has 1 atom stereocenters. The monoisotopic (exact) mass is 284 g/mol. The number of carboxylic acids is 1. The number of aliphatic carboxylic acids is 1. The van der Waals surface area contributed by atoms with Gasteiger partial charge in [0.1, 0.15) is 0 Å². The van der Waals surface area contributed by atoms with Crippen LogP contribution in [0.15, 0.2) is 22.8 Å². The summed E-state index contributed by atoms with van der Waals surface area (Å²) in [7, 11) is 0. The Morgan fingerprint density at radius 3 is 2.60 bits per heavy atom. The average Bonchev–Trinajstić information content (AvgIpc) is 2.90. The van der Waals surface area contributed by atoms with Crippen LogP contribution >= 0.6 is 0 Å². The molecule has 0 fully saturated rings. The summed E-state index contributed by atoms with van der Waals surface area (Å²) in [6, 6.07) is 3.05. The van der Waals surface area contributed by atoms with Gasteiger partial charge >= 0.3 is 5.97 Å². The van der Waals surface area contributed by atoms with Crippen LogP contribution in [0.3, 0.4) is 0 Å². The molecule has 8 nitrogen and oxygen atoms in total. The van der Waals surface area contributed by atoms with Gasteiger partial charge in [0.15, 0.2) is 11.4 Å². The first-order chi connectivity index (χ1) is 9.33. The van der Waals surface area contributed by atoms with Crippen LogP contribution in [-0.4, -0.2) is 46.7 Å². The summed E-state index contributed by atoms with van der Waals surface area (Å²) in [6.45, 7) is 0.738. The zero-order chi connectivity index (χ0) is 15.2. The number of hydrogen-bond donors (Lipinski definition) is 4. The fourth-order valence-corrected chi connectivity index (χ4v) is 1.22. The Labute approximate surface area is 114 Å². The molecule has 0 spiro atoms. The number of aliphatic hydroxyl groups is 1. The van der Waals surface area contributed by atoms with Gasteiger partial charge in [0.2, 0.25) is 5.91 Å². The molecule has 0 bridgehead atoms. The second kappa shape index (κ2) is 6.71. The molecule has 4 N–H and O–H groups in total. The molecule has 0 aliphatic rings. The average molecular weight is 284 g/mol. The van der Waals surface area contributed by atoms with Crippen LogP contribution in [0.1, 0.15) is 23.9 Å². The minimum absolute atomic E-state index is 0.0395. The number of rotatable bonds is 7. The first-order valence-electron chi connectivity index (χ1n) is 5.87. The smallest absolute Gasteiger partial charge is 0.337 e. The molecular formula is C12H16N2O6. The molecule has 110 valence electrons. The number of amides is 2. The maximum atomic E-state index is 11.4. The van der Waals surface area contributed by atoms with Gasteiger partial charge in [0.05, 0.1) is 12.8 Å². The maximum absolute atomic E-state index is 11.4. The molecular weight excluding hydrogens is 268 g/mol. The minimum atomic E-state index is -2.02. The highest BCUT2D eigenvalue weighted by Crippen LogP contribution is 2.01. The predicted octanol–water partition coefficient (Wildman–Crippen LogP) is -0.649. The Morgan fingerprint density at radius 1 is 1.35 bits per heavy atom. The van der Waals surface area contributed by atoms with Gasteiger partial charge in [-0.3, -0.25) is 9.59 Å². The van der Waals surface area contributed by atoms with E-state index in [-0.39, 0.29) is 18.7 Å². The number of furan rings is 1. The van der Waals surface area contributed by atoms with Gasteiger partial charge in [-0.25, -0.2) is 4.79 Å². The predicted molar refractivity (Wildman–Crippen MR) is 66.9 cm³/mol. The van der Waals surface area contributed by atoms with E-state index in [4.69, 9.17) is 9.52 Å². The van der Waals surface area contributed by atoms with Crippen molar-refractivity contribution >= 4 is 17.8 Å². The number of hydrogen-bond acceptors (Lipinski definition) is 5. The number of nitrogens with one attached hydrogen (secondary N) is 2. The highest BCUT2D eigenvalue weighted by molar-refractivity contribution is 5.91. The molecule has 8 heteroatoms. The zero-order valence-corrected chi connectivity index (χ0v) is 10.9. The van der Waals surface area contributed by atoms with E-state index < -0.39 is 29.9 Å². The van der Waals surface area contributed by atoms with Crippen molar-refractivity contribution in [2.24, 2.45) is 0 Å².